The van der Waals surface area contributed by atoms with Crippen LogP contribution in [0, 0.1) is 0 Å². The van der Waals surface area contributed by atoms with Gasteiger partial charge in [0.05, 0.1) is 0 Å². The van der Waals surface area contributed by atoms with Crippen molar-refractivity contribution in [1.82, 2.24) is 0 Å². The smallest absolute Gasteiger partial charge is 0.0402 e. The lowest BCUT2D eigenvalue weighted by Gasteiger charge is -1.90. The van der Waals surface area contributed by atoms with Crippen LogP contribution in [0.25, 0.3) is 0 Å². The quantitative estimate of drug-likeness (QED) is 0.0602. The summed E-state index contributed by atoms with van der Waals surface area (Å²) >= 11 is 0. The molecule has 0 aliphatic rings. The first kappa shape index (κ1) is 122. The summed E-state index contributed by atoms with van der Waals surface area (Å²) in [5.74, 6) is 0. The lowest BCUT2D eigenvalue weighted by molar-refractivity contribution is 0.318. The topological polar surface area (TPSA) is 20.2 Å². The Morgan fingerprint density at radius 1 is 0.0909 bits per heavy atom. The zero-order chi connectivity index (χ0) is 70.4. The molecule has 1 N–H and O–H groups in total. The summed E-state index contributed by atoms with van der Waals surface area (Å²) in [6.45, 7) is 60.2. The maximum Gasteiger partial charge on any atom is 0.0402 e. The fourth-order valence-electron chi connectivity index (χ4n) is 7.74. The lowest BCUT2D eigenvalue weighted by Crippen LogP contribution is -1.70. The van der Waals surface area contributed by atoms with Crippen molar-refractivity contribution in [3.05, 3.63) is 0 Å². The molecule has 0 atom stereocenters. The van der Waals surface area contributed by atoms with Crippen molar-refractivity contribution in [2.45, 2.75) is 566 Å². The van der Waals surface area contributed by atoms with Crippen molar-refractivity contribution < 1.29 is 5.11 Å². The average Bonchev–Trinajstić information content (AvgIpc) is 3.54. The van der Waals surface area contributed by atoms with Crippen LogP contribution in [-0.2, 0) is 0 Å². The highest BCUT2D eigenvalue weighted by Gasteiger charge is 1.85. The summed E-state index contributed by atoms with van der Waals surface area (Å²) in [5.41, 5.74) is 0. The summed E-state index contributed by atoms with van der Waals surface area (Å²) in [5, 5.41) is 7.57. The first-order valence-corrected chi connectivity index (χ1v) is 42.4. The van der Waals surface area contributed by atoms with E-state index in [9.17, 15) is 0 Å². The predicted molar refractivity (Wildman–Crippen MR) is 433 cm³/mol. The number of aliphatic hydroxyl groups is 1. The van der Waals surface area contributed by atoms with Gasteiger partial charge >= 0.3 is 0 Å². The highest BCUT2D eigenvalue weighted by molar-refractivity contribution is 4.41. The van der Waals surface area contributed by atoms with E-state index in [-0.39, 0.29) is 6.61 Å². The molecule has 0 unspecified atom stereocenters. The number of aliphatic hydroxyl groups excluding tert-OH is 1. The monoisotopic (exact) mass is 1260 g/mol. The summed E-state index contributed by atoms with van der Waals surface area (Å²) in [6, 6.07) is 0. The van der Waals surface area contributed by atoms with Gasteiger partial charge in [0.1, 0.15) is 0 Å². The standard InChI is InChI=1S/7C7H16.6C6H14.C2H6O/c7*1-3-5-7-6-4-2;6*1-3-5-6-4-2;1-2-3/h7*3-7H2,1-2H3;6*3-6H2,1-2H3;3H,2H2,1H3. The van der Waals surface area contributed by atoms with Crippen LogP contribution >= 0.6 is 0 Å². The number of hydrogen-bond donors (Lipinski definition) is 1. The first-order chi connectivity index (χ1) is 42.8. The van der Waals surface area contributed by atoms with Crippen molar-refractivity contribution >= 4 is 0 Å². The molecule has 0 bridgehead atoms. The Morgan fingerprint density at radius 3 is 0.159 bits per heavy atom. The van der Waals surface area contributed by atoms with E-state index in [2.05, 4.69) is 180 Å². The van der Waals surface area contributed by atoms with E-state index in [1.165, 1.54) is 379 Å². The van der Waals surface area contributed by atoms with Gasteiger partial charge in [0, 0.05) is 6.61 Å². The molecule has 0 amide bonds. The number of rotatable bonds is 46. The molecule has 1 heteroatoms. The SMILES string of the molecule is CCCCCC.CCCCCC.CCCCCC.CCCCCC.CCCCCC.CCCCCC.CCCCCCC.CCCCCCC.CCCCCCC.CCCCCCC.CCCCCCC.CCCCCCC.CCCCCCC.CCO. The minimum absolute atomic E-state index is 0.250. The van der Waals surface area contributed by atoms with Crippen molar-refractivity contribution in [1.29, 1.82) is 0 Å². The molecule has 0 heterocycles. The minimum atomic E-state index is 0.250. The van der Waals surface area contributed by atoms with Crippen LogP contribution in [-0.4, -0.2) is 11.7 Å². The van der Waals surface area contributed by atoms with E-state index >= 15 is 0 Å². The second-order valence-electron chi connectivity index (χ2n) is 25.0. The first-order valence-electron chi connectivity index (χ1n) is 42.4. The third-order valence-electron chi connectivity index (χ3n) is 14.2. The molecule has 88 heavy (non-hydrogen) atoms. The molecule has 0 aromatic heterocycles. The maximum atomic E-state index is 7.57. The highest BCUT2D eigenvalue weighted by atomic mass is 16.2. The Morgan fingerprint density at radius 2 is 0.125 bits per heavy atom. The van der Waals surface area contributed by atoms with Crippen molar-refractivity contribution in [3.8, 4) is 0 Å². The number of unbranched alkanes of at least 4 members (excludes halogenated alkanes) is 46. The molecule has 0 saturated carbocycles. The van der Waals surface area contributed by atoms with Crippen LogP contribution in [0.1, 0.15) is 566 Å². The van der Waals surface area contributed by atoms with E-state index in [1.54, 1.807) is 6.92 Å². The van der Waals surface area contributed by atoms with Gasteiger partial charge in [-0.15, -0.1) is 0 Å². The molecule has 0 aliphatic heterocycles. The van der Waals surface area contributed by atoms with E-state index in [4.69, 9.17) is 5.11 Å². The molecule has 556 valence electrons. The molecule has 0 fully saturated rings. The zero-order valence-corrected chi connectivity index (χ0v) is 69.9. The molecule has 1 nitrogen and oxygen atoms in total. The van der Waals surface area contributed by atoms with E-state index in [0.717, 1.165) is 0 Å². The van der Waals surface area contributed by atoms with Gasteiger partial charge < -0.3 is 5.11 Å². The number of hydrogen-bond acceptors (Lipinski definition) is 1. The molecule has 0 saturated heterocycles. The third kappa shape index (κ3) is 294. The van der Waals surface area contributed by atoms with Gasteiger partial charge in [0.15, 0.2) is 0 Å². The van der Waals surface area contributed by atoms with Gasteiger partial charge in [-0.1, -0.05) is 559 Å². The van der Waals surface area contributed by atoms with Crippen LogP contribution in [0.4, 0.5) is 0 Å². The normalized spacial score (nSPS) is 9.14. The molecular formula is C87H202O. The second kappa shape index (κ2) is 179. The lowest BCUT2D eigenvalue weighted by atomic mass is 10.2. The molecule has 0 rings (SSSR count). The molecule has 0 aromatic rings. The summed E-state index contributed by atoms with van der Waals surface area (Å²) in [7, 11) is 0. The molecular weight excluding hydrogens is 1060 g/mol. The van der Waals surface area contributed by atoms with Crippen LogP contribution in [0.3, 0.4) is 0 Å². The van der Waals surface area contributed by atoms with Crippen LogP contribution in [0.15, 0.2) is 0 Å². The average molecular weight is 1260 g/mol. The van der Waals surface area contributed by atoms with E-state index in [0.29, 0.717) is 0 Å². The van der Waals surface area contributed by atoms with Crippen molar-refractivity contribution in [2.24, 2.45) is 0 Å². The van der Waals surface area contributed by atoms with Gasteiger partial charge in [-0.05, 0) is 6.92 Å². The van der Waals surface area contributed by atoms with Gasteiger partial charge in [-0.2, -0.15) is 0 Å². The van der Waals surface area contributed by atoms with Gasteiger partial charge in [-0.25, -0.2) is 0 Å². The third-order valence-corrected chi connectivity index (χ3v) is 14.2. The van der Waals surface area contributed by atoms with Gasteiger partial charge in [0.2, 0.25) is 0 Å². The fraction of sp³-hybridized carbons (Fsp3) is 1.00. The van der Waals surface area contributed by atoms with Crippen molar-refractivity contribution in [2.75, 3.05) is 6.61 Å². The second-order valence-corrected chi connectivity index (χ2v) is 25.0. The predicted octanol–water partition coefficient (Wildman–Crippen LogP) is 36.4. The minimum Gasteiger partial charge on any atom is -0.397 e. The fourth-order valence-corrected chi connectivity index (χ4v) is 7.74. The van der Waals surface area contributed by atoms with Gasteiger partial charge in [0.25, 0.3) is 0 Å². The van der Waals surface area contributed by atoms with E-state index in [1.807, 2.05) is 0 Å². The van der Waals surface area contributed by atoms with Crippen LogP contribution < -0.4 is 0 Å². The summed E-state index contributed by atoms with van der Waals surface area (Å²) in [4.78, 5) is 0. The Hall–Kier alpha value is -0.0400. The zero-order valence-electron chi connectivity index (χ0n) is 69.9. The van der Waals surface area contributed by atoms with E-state index < -0.39 is 0 Å². The Kier molecular flexibility index (Phi) is 247. The molecule has 0 spiro atoms. The Balaban J connectivity index is -0.0000000560. The van der Waals surface area contributed by atoms with Crippen LogP contribution in [0.5, 0.6) is 0 Å². The van der Waals surface area contributed by atoms with Crippen molar-refractivity contribution in [3.63, 3.8) is 0 Å². The largest absolute Gasteiger partial charge is 0.397 e. The maximum absolute atomic E-state index is 7.57. The highest BCUT2D eigenvalue weighted by Crippen LogP contribution is 2.05. The molecule has 0 aliphatic carbocycles. The summed E-state index contributed by atoms with van der Waals surface area (Å²) in [6.07, 6.45) is 82.3. The molecule has 0 radical (unpaired) electrons. The van der Waals surface area contributed by atoms with Gasteiger partial charge in [-0.3, -0.25) is 0 Å². The Labute approximate surface area is 574 Å². The summed E-state index contributed by atoms with van der Waals surface area (Å²) < 4.78 is 0. The van der Waals surface area contributed by atoms with Crippen LogP contribution in [0.2, 0.25) is 0 Å². The molecule has 0 aromatic carbocycles. The Bertz CT molecular complexity index is 504.